The maximum atomic E-state index is 13.4. The van der Waals surface area contributed by atoms with Gasteiger partial charge in [0.25, 0.3) is 5.56 Å². The van der Waals surface area contributed by atoms with Gasteiger partial charge in [0.05, 0.1) is 24.3 Å². The zero-order valence-electron chi connectivity index (χ0n) is 16.2. The van der Waals surface area contributed by atoms with Gasteiger partial charge in [-0.25, -0.2) is 9.79 Å². The molecule has 150 valence electrons. The molecule has 8 heteroatoms. The lowest BCUT2D eigenvalue weighted by Crippen LogP contribution is -2.38. The Morgan fingerprint density at radius 2 is 1.80 bits per heavy atom. The number of carbonyl (C=O) groups is 1. The second kappa shape index (κ2) is 6.28. The number of hydrogen-bond donors (Lipinski definition) is 2. The van der Waals surface area contributed by atoms with Gasteiger partial charge in [0, 0.05) is 24.1 Å². The van der Waals surface area contributed by atoms with E-state index in [2.05, 4.69) is 9.98 Å². The van der Waals surface area contributed by atoms with Crippen molar-refractivity contribution in [3.8, 4) is 11.5 Å². The largest absolute Gasteiger partial charge is 0.504 e. The summed E-state index contributed by atoms with van der Waals surface area (Å²) in [5.41, 5.74) is 1.43. The van der Waals surface area contributed by atoms with E-state index in [0.29, 0.717) is 22.4 Å². The molecule has 3 aromatic rings. The third-order valence-corrected chi connectivity index (χ3v) is 5.81. The Morgan fingerprint density at radius 3 is 2.53 bits per heavy atom. The van der Waals surface area contributed by atoms with Gasteiger partial charge >= 0.3 is 5.69 Å². The highest BCUT2D eigenvalue weighted by Gasteiger charge is 2.47. The van der Waals surface area contributed by atoms with Crippen molar-refractivity contribution in [1.82, 2.24) is 9.55 Å². The molecule has 1 aromatic heterocycles. The van der Waals surface area contributed by atoms with E-state index < -0.39 is 23.1 Å². The molecule has 8 nitrogen and oxygen atoms in total. The fraction of sp³-hybridized carbons (Fsp3) is 0.182. The summed E-state index contributed by atoms with van der Waals surface area (Å²) in [6.07, 6.45) is 0. The van der Waals surface area contributed by atoms with E-state index in [9.17, 15) is 19.5 Å². The Hall–Kier alpha value is -3.94. The number of hydrogen-bond acceptors (Lipinski definition) is 6. The van der Waals surface area contributed by atoms with E-state index in [-0.39, 0.29) is 28.7 Å². The first-order valence-electron chi connectivity index (χ1n) is 9.34. The first-order chi connectivity index (χ1) is 14.4. The number of aromatic amines is 1. The molecule has 2 atom stereocenters. The third-order valence-electron chi connectivity index (χ3n) is 5.81. The average Bonchev–Trinajstić information content (AvgIpc) is 3.03. The van der Waals surface area contributed by atoms with Gasteiger partial charge in [-0.15, -0.1) is 0 Å². The molecule has 0 unspecified atom stereocenters. The Labute approximate surface area is 170 Å². The number of methoxy groups -OCH3 is 1. The maximum absolute atomic E-state index is 13.4. The molecule has 0 saturated heterocycles. The molecule has 2 aromatic carbocycles. The molecule has 1 aliphatic carbocycles. The number of fused-ring (bicyclic) bond motifs is 4. The standard InChI is InChI=1S/C22H17N3O5/c1-25-20-17(21(28)24-22(25)29)15(10-7-8-13(26)14(9-10)30-2)16-18(23-20)11-5-3-4-6-12(11)19(16)27/h3-9,15-16,26H,1-2H3,(H,24,28,29)/t15-,16-/m1/s1. The van der Waals surface area contributed by atoms with Gasteiger partial charge in [0.15, 0.2) is 17.3 Å². The van der Waals surface area contributed by atoms with E-state index in [1.807, 2.05) is 12.1 Å². The number of carbonyl (C=O) groups excluding carboxylic acids is 1. The van der Waals surface area contributed by atoms with Crippen LogP contribution in [0.3, 0.4) is 0 Å². The average molecular weight is 403 g/mol. The minimum atomic E-state index is -0.720. The van der Waals surface area contributed by atoms with E-state index in [1.165, 1.54) is 24.8 Å². The van der Waals surface area contributed by atoms with Crippen LogP contribution in [0.4, 0.5) is 5.82 Å². The van der Waals surface area contributed by atoms with Crippen molar-refractivity contribution >= 4 is 17.3 Å². The minimum absolute atomic E-state index is 0.0541. The summed E-state index contributed by atoms with van der Waals surface area (Å²) in [5.74, 6) is -1.17. The molecule has 0 saturated carbocycles. The molecule has 0 fully saturated rings. The van der Waals surface area contributed by atoms with Crippen LogP contribution in [-0.4, -0.2) is 33.3 Å². The highest BCUT2D eigenvalue weighted by Crippen LogP contribution is 2.47. The van der Waals surface area contributed by atoms with Crippen LogP contribution in [0.15, 0.2) is 57.0 Å². The molecule has 5 rings (SSSR count). The number of nitrogens with one attached hydrogen (secondary N) is 1. The number of ether oxygens (including phenoxy) is 1. The number of ketones is 1. The van der Waals surface area contributed by atoms with Gasteiger partial charge < -0.3 is 9.84 Å². The number of aromatic nitrogens is 2. The number of benzene rings is 2. The van der Waals surface area contributed by atoms with Crippen molar-refractivity contribution in [2.45, 2.75) is 5.92 Å². The Kier molecular flexibility index (Phi) is 3.79. The number of Topliss-reactive ketones (excluding diaryl/α,β-unsaturated/α-hetero) is 1. The zero-order valence-corrected chi connectivity index (χ0v) is 16.2. The van der Waals surface area contributed by atoms with Crippen molar-refractivity contribution in [1.29, 1.82) is 0 Å². The van der Waals surface area contributed by atoms with Gasteiger partial charge in [0.2, 0.25) is 0 Å². The van der Waals surface area contributed by atoms with Gasteiger partial charge in [-0.3, -0.25) is 19.1 Å². The minimum Gasteiger partial charge on any atom is -0.504 e. The molecule has 2 N–H and O–H groups in total. The molecule has 30 heavy (non-hydrogen) atoms. The van der Waals surface area contributed by atoms with Gasteiger partial charge in [-0.2, -0.15) is 0 Å². The Balaban J connectivity index is 1.87. The topological polar surface area (TPSA) is 114 Å². The van der Waals surface area contributed by atoms with Gasteiger partial charge in [0.1, 0.15) is 5.82 Å². The number of phenolic OH excluding ortho intramolecular Hbond substituents is 1. The molecular weight excluding hydrogens is 386 g/mol. The van der Waals surface area contributed by atoms with Crippen LogP contribution in [0.1, 0.15) is 33.0 Å². The molecule has 2 aliphatic rings. The summed E-state index contributed by atoms with van der Waals surface area (Å²) in [5, 5.41) is 10.0. The summed E-state index contributed by atoms with van der Waals surface area (Å²) in [6.45, 7) is 0. The molecule has 0 bridgehead atoms. The van der Waals surface area contributed by atoms with Crippen molar-refractivity contribution in [2.24, 2.45) is 18.0 Å². The quantitative estimate of drug-likeness (QED) is 0.678. The first-order valence-corrected chi connectivity index (χ1v) is 9.34. The number of aromatic hydroxyl groups is 1. The zero-order chi connectivity index (χ0) is 21.2. The Bertz CT molecular complexity index is 1380. The summed E-state index contributed by atoms with van der Waals surface area (Å²) < 4.78 is 6.51. The predicted molar refractivity (Wildman–Crippen MR) is 109 cm³/mol. The number of H-pyrrole nitrogens is 1. The fourth-order valence-corrected chi connectivity index (χ4v) is 4.39. The smallest absolute Gasteiger partial charge is 0.329 e. The highest BCUT2D eigenvalue weighted by molar-refractivity contribution is 6.30. The second-order valence-corrected chi connectivity index (χ2v) is 7.35. The molecule has 0 amide bonds. The van der Waals surface area contributed by atoms with Crippen LogP contribution >= 0.6 is 0 Å². The summed E-state index contributed by atoms with van der Waals surface area (Å²) >= 11 is 0. The van der Waals surface area contributed by atoms with Crippen molar-refractivity contribution < 1.29 is 14.6 Å². The lowest BCUT2D eigenvalue weighted by Gasteiger charge is -2.29. The lowest BCUT2D eigenvalue weighted by molar-refractivity contribution is 0.0953. The monoisotopic (exact) mass is 403 g/mol. The summed E-state index contributed by atoms with van der Waals surface area (Å²) in [6, 6.07) is 11.9. The number of rotatable bonds is 2. The van der Waals surface area contributed by atoms with Crippen LogP contribution in [-0.2, 0) is 7.05 Å². The number of nitrogens with zero attached hydrogens (tertiary/aromatic N) is 2. The molecule has 2 heterocycles. The van der Waals surface area contributed by atoms with Gasteiger partial charge in [-0.1, -0.05) is 30.3 Å². The van der Waals surface area contributed by atoms with Crippen LogP contribution in [0.2, 0.25) is 0 Å². The molecule has 1 aliphatic heterocycles. The fourth-order valence-electron chi connectivity index (χ4n) is 4.39. The van der Waals surface area contributed by atoms with Crippen LogP contribution in [0, 0.1) is 5.92 Å². The molecule has 0 radical (unpaired) electrons. The van der Waals surface area contributed by atoms with Crippen LogP contribution < -0.4 is 16.0 Å². The third kappa shape index (κ3) is 2.33. The number of aliphatic imine (C=N–C) groups is 1. The van der Waals surface area contributed by atoms with Crippen LogP contribution in [0.25, 0.3) is 0 Å². The lowest BCUT2D eigenvalue weighted by atomic mass is 9.76. The van der Waals surface area contributed by atoms with E-state index in [4.69, 9.17) is 4.74 Å². The van der Waals surface area contributed by atoms with E-state index >= 15 is 0 Å². The predicted octanol–water partition coefficient (Wildman–Crippen LogP) is 1.87. The van der Waals surface area contributed by atoms with Gasteiger partial charge in [-0.05, 0) is 17.7 Å². The SMILES string of the molecule is COc1cc([C@H]2c3c(n(C)c(=O)[nH]c3=O)N=C3c4ccccc4C(=O)[C@@H]32)ccc1O. The number of phenols is 1. The Morgan fingerprint density at radius 1 is 1.07 bits per heavy atom. The van der Waals surface area contributed by atoms with E-state index in [0.717, 1.165) is 0 Å². The summed E-state index contributed by atoms with van der Waals surface area (Å²) in [4.78, 5) is 45.4. The van der Waals surface area contributed by atoms with Crippen LogP contribution in [0.5, 0.6) is 11.5 Å². The van der Waals surface area contributed by atoms with E-state index in [1.54, 1.807) is 24.3 Å². The maximum Gasteiger partial charge on any atom is 0.329 e. The molecule has 0 spiro atoms. The first kappa shape index (κ1) is 18.1. The van der Waals surface area contributed by atoms with Crippen molar-refractivity contribution in [3.05, 3.63) is 85.6 Å². The normalized spacial score (nSPS) is 19.0. The highest BCUT2D eigenvalue weighted by atomic mass is 16.5. The van der Waals surface area contributed by atoms with Crippen molar-refractivity contribution in [2.75, 3.05) is 7.11 Å². The van der Waals surface area contributed by atoms with Crippen molar-refractivity contribution in [3.63, 3.8) is 0 Å². The molecular formula is C22H17N3O5. The second-order valence-electron chi connectivity index (χ2n) is 7.35. The summed E-state index contributed by atoms with van der Waals surface area (Å²) in [7, 11) is 2.95.